The maximum atomic E-state index is 12.6. The fraction of sp³-hybridized carbons (Fsp3) is 0.278. The number of hydrogen-bond acceptors (Lipinski definition) is 3. The van der Waals surface area contributed by atoms with Crippen molar-refractivity contribution in [2.45, 2.75) is 18.8 Å². The molecule has 2 aromatic carbocycles. The van der Waals surface area contributed by atoms with E-state index in [4.69, 9.17) is 4.74 Å². The minimum Gasteiger partial charge on any atom is -0.423 e. The molecule has 0 unspecified atom stereocenters. The summed E-state index contributed by atoms with van der Waals surface area (Å²) in [6.45, 7) is 2.15. The van der Waals surface area contributed by atoms with Crippen molar-refractivity contribution in [3.63, 3.8) is 0 Å². The van der Waals surface area contributed by atoms with Crippen LogP contribution in [0, 0.1) is 10.7 Å². The fourth-order valence-electron chi connectivity index (χ4n) is 2.84. The maximum absolute atomic E-state index is 12.6. The maximum Gasteiger partial charge on any atom is 0.345 e. The van der Waals surface area contributed by atoms with E-state index in [1.165, 1.54) is 5.56 Å². The van der Waals surface area contributed by atoms with Gasteiger partial charge < -0.3 is 10.1 Å². The lowest BCUT2D eigenvalue weighted by molar-refractivity contribution is 0.0732. The SMILES string of the molecule is O=C(Oc1ccc(C2CCNCC2)cc1)c1c(I)ccc(I)c1I. The first kappa shape index (κ1) is 18.8. The predicted molar refractivity (Wildman–Crippen MR) is 121 cm³/mol. The van der Waals surface area contributed by atoms with Crippen LogP contribution in [0.2, 0.25) is 0 Å². The average Bonchev–Trinajstić information content (AvgIpc) is 2.60. The minimum absolute atomic E-state index is 0.295. The first-order valence-corrected chi connectivity index (χ1v) is 11.0. The molecule has 1 aliphatic rings. The van der Waals surface area contributed by atoms with Crippen molar-refractivity contribution in [3.05, 3.63) is 58.2 Å². The number of esters is 1. The van der Waals surface area contributed by atoms with E-state index in [1.54, 1.807) is 0 Å². The molecular weight excluding hydrogens is 643 g/mol. The summed E-state index contributed by atoms with van der Waals surface area (Å²) < 4.78 is 8.50. The Hall–Kier alpha value is 0.0600. The van der Waals surface area contributed by atoms with Crippen LogP contribution in [0.1, 0.15) is 34.7 Å². The summed E-state index contributed by atoms with van der Waals surface area (Å²) in [7, 11) is 0. The van der Waals surface area contributed by atoms with Crippen molar-refractivity contribution in [2.75, 3.05) is 13.1 Å². The van der Waals surface area contributed by atoms with Crippen LogP contribution in [-0.2, 0) is 0 Å². The highest BCUT2D eigenvalue weighted by Gasteiger charge is 2.19. The molecule has 0 atom stereocenters. The molecule has 0 amide bonds. The molecule has 126 valence electrons. The van der Waals surface area contributed by atoms with Crippen LogP contribution in [0.15, 0.2) is 36.4 Å². The lowest BCUT2D eigenvalue weighted by Crippen LogP contribution is -2.26. The Balaban J connectivity index is 1.74. The van der Waals surface area contributed by atoms with Crippen molar-refractivity contribution >= 4 is 73.7 Å². The van der Waals surface area contributed by atoms with Gasteiger partial charge in [0, 0.05) is 10.7 Å². The van der Waals surface area contributed by atoms with Gasteiger partial charge in [-0.3, -0.25) is 0 Å². The second-order valence-corrected chi connectivity index (χ2v) is 9.10. The molecule has 3 nitrogen and oxygen atoms in total. The molecular formula is C18H16I3NO2. The molecule has 0 radical (unpaired) electrons. The number of rotatable bonds is 3. The molecule has 6 heteroatoms. The van der Waals surface area contributed by atoms with E-state index < -0.39 is 0 Å². The minimum atomic E-state index is -0.295. The lowest BCUT2D eigenvalue weighted by atomic mass is 9.90. The zero-order valence-corrected chi connectivity index (χ0v) is 19.3. The summed E-state index contributed by atoms with van der Waals surface area (Å²) in [5.74, 6) is 0.911. The van der Waals surface area contributed by atoms with Gasteiger partial charge in [0.05, 0.1) is 5.56 Å². The van der Waals surface area contributed by atoms with Crippen molar-refractivity contribution in [1.29, 1.82) is 0 Å². The van der Waals surface area contributed by atoms with Crippen molar-refractivity contribution < 1.29 is 9.53 Å². The van der Waals surface area contributed by atoms with E-state index in [-0.39, 0.29) is 5.97 Å². The molecule has 2 aromatic rings. The zero-order chi connectivity index (χ0) is 17.1. The Labute approximate surface area is 182 Å². The van der Waals surface area contributed by atoms with E-state index in [0.29, 0.717) is 17.2 Å². The third-order valence-corrected chi connectivity index (χ3v) is 8.10. The Bertz CT molecular complexity index is 741. The summed E-state index contributed by atoms with van der Waals surface area (Å²) in [4.78, 5) is 12.6. The van der Waals surface area contributed by atoms with Crippen LogP contribution in [0.5, 0.6) is 5.75 Å². The van der Waals surface area contributed by atoms with E-state index in [1.807, 2.05) is 24.3 Å². The van der Waals surface area contributed by atoms with Gasteiger partial charge in [-0.25, -0.2) is 4.79 Å². The molecule has 24 heavy (non-hydrogen) atoms. The molecule has 1 saturated heterocycles. The van der Waals surface area contributed by atoms with Gasteiger partial charge >= 0.3 is 5.97 Å². The number of nitrogens with one attached hydrogen (secondary N) is 1. The number of carbonyl (C=O) groups is 1. The fourth-order valence-corrected chi connectivity index (χ4v) is 5.16. The average molecular weight is 659 g/mol. The smallest absolute Gasteiger partial charge is 0.345 e. The Kier molecular flexibility index (Phi) is 6.77. The van der Waals surface area contributed by atoms with Gasteiger partial charge in [-0.2, -0.15) is 0 Å². The van der Waals surface area contributed by atoms with Gasteiger partial charge in [0.1, 0.15) is 5.75 Å². The number of ether oxygens (including phenoxy) is 1. The standard InChI is InChI=1S/C18H16I3NO2/c19-14-5-6-15(20)17(21)16(14)18(23)24-13-3-1-11(2-4-13)12-7-9-22-10-8-12/h1-6,12,22H,7-10H2. The van der Waals surface area contributed by atoms with Gasteiger partial charge in [0.15, 0.2) is 0 Å². The molecule has 0 aromatic heterocycles. The van der Waals surface area contributed by atoms with E-state index in [0.717, 1.165) is 36.6 Å². The highest BCUT2D eigenvalue weighted by molar-refractivity contribution is 14.1. The van der Waals surface area contributed by atoms with E-state index in [9.17, 15) is 4.79 Å². The first-order chi connectivity index (χ1) is 11.6. The van der Waals surface area contributed by atoms with Gasteiger partial charge in [0.2, 0.25) is 0 Å². The van der Waals surface area contributed by atoms with Crippen LogP contribution in [0.25, 0.3) is 0 Å². The second-order valence-electron chi connectivity index (χ2n) is 5.70. The summed E-state index contributed by atoms with van der Waals surface area (Å²) in [5, 5.41) is 3.38. The van der Waals surface area contributed by atoms with Gasteiger partial charge in [0.25, 0.3) is 0 Å². The van der Waals surface area contributed by atoms with Crippen LogP contribution in [0.3, 0.4) is 0 Å². The van der Waals surface area contributed by atoms with Crippen LogP contribution < -0.4 is 10.1 Å². The third kappa shape index (κ3) is 4.42. The number of carbonyl (C=O) groups excluding carboxylic acids is 1. The molecule has 1 fully saturated rings. The monoisotopic (exact) mass is 659 g/mol. The number of benzene rings is 2. The Morgan fingerprint density at radius 1 is 0.958 bits per heavy atom. The van der Waals surface area contributed by atoms with Crippen molar-refractivity contribution in [3.8, 4) is 5.75 Å². The van der Waals surface area contributed by atoms with Crippen LogP contribution in [0.4, 0.5) is 0 Å². The molecule has 0 spiro atoms. The van der Waals surface area contributed by atoms with Crippen LogP contribution >= 0.6 is 67.8 Å². The number of halogens is 3. The molecule has 1 N–H and O–H groups in total. The Morgan fingerprint density at radius 3 is 2.25 bits per heavy atom. The largest absolute Gasteiger partial charge is 0.423 e. The van der Waals surface area contributed by atoms with Crippen molar-refractivity contribution in [2.24, 2.45) is 0 Å². The molecule has 1 heterocycles. The second kappa shape index (κ2) is 8.63. The molecule has 0 bridgehead atoms. The topological polar surface area (TPSA) is 38.3 Å². The summed E-state index contributed by atoms with van der Waals surface area (Å²) >= 11 is 6.62. The summed E-state index contributed by atoms with van der Waals surface area (Å²) in [6.07, 6.45) is 2.33. The molecule has 0 aliphatic carbocycles. The van der Waals surface area contributed by atoms with Gasteiger partial charge in [-0.05, 0) is 129 Å². The molecule has 3 rings (SSSR count). The summed E-state index contributed by atoms with van der Waals surface area (Å²) in [5.41, 5.74) is 1.97. The highest BCUT2D eigenvalue weighted by Crippen LogP contribution is 2.28. The molecule has 0 saturated carbocycles. The first-order valence-electron chi connectivity index (χ1n) is 7.72. The van der Waals surface area contributed by atoms with E-state index in [2.05, 4.69) is 85.2 Å². The van der Waals surface area contributed by atoms with Gasteiger partial charge in [-0.1, -0.05) is 12.1 Å². The number of piperidine rings is 1. The van der Waals surface area contributed by atoms with E-state index >= 15 is 0 Å². The van der Waals surface area contributed by atoms with Crippen LogP contribution in [-0.4, -0.2) is 19.1 Å². The predicted octanol–water partition coefficient (Wildman–Crippen LogP) is 5.19. The summed E-state index contributed by atoms with van der Waals surface area (Å²) in [6, 6.07) is 11.9. The normalized spacial score (nSPS) is 15.3. The zero-order valence-electron chi connectivity index (χ0n) is 12.8. The lowest BCUT2D eigenvalue weighted by Gasteiger charge is -2.23. The highest BCUT2D eigenvalue weighted by atomic mass is 127. The van der Waals surface area contributed by atoms with Crippen molar-refractivity contribution in [1.82, 2.24) is 5.32 Å². The van der Waals surface area contributed by atoms with Gasteiger partial charge in [-0.15, -0.1) is 0 Å². The quantitative estimate of drug-likeness (QED) is 0.214. The molecule has 1 aliphatic heterocycles. The number of hydrogen-bond donors (Lipinski definition) is 1. The third-order valence-electron chi connectivity index (χ3n) is 4.15. The Morgan fingerprint density at radius 2 is 1.58 bits per heavy atom.